The van der Waals surface area contributed by atoms with Crippen molar-refractivity contribution in [1.29, 1.82) is 0 Å². The van der Waals surface area contributed by atoms with Crippen LogP contribution in [0.2, 0.25) is 5.02 Å². The van der Waals surface area contributed by atoms with Gasteiger partial charge in [-0.2, -0.15) is 0 Å². The van der Waals surface area contributed by atoms with Gasteiger partial charge >= 0.3 is 0 Å². The van der Waals surface area contributed by atoms with Crippen LogP contribution < -0.4 is 20.9 Å². The monoisotopic (exact) mass is 407 g/mol. The van der Waals surface area contributed by atoms with Crippen molar-refractivity contribution in [3.8, 4) is 5.75 Å². The number of hydrogen-bond acceptors (Lipinski definition) is 5. The highest BCUT2D eigenvalue weighted by Crippen LogP contribution is 2.12. The summed E-state index contributed by atoms with van der Waals surface area (Å²) < 4.78 is 10.3. The summed E-state index contributed by atoms with van der Waals surface area (Å²) in [4.78, 5) is 24.1. The molecule has 0 saturated carbocycles. The number of rotatable bonds is 6. The van der Waals surface area contributed by atoms with Crippen molar-refractivity contribution in [2.24, 2.45) is 0 Å². The van der Waals surface area contributed by atoms with E-state index < -0.39 is 11.8 Å². The van der Waals surface area contributed by atoms with Gasteiger partial charge in [0.1, 0.15) is 12.4 Å². The summed E-state index contributed by atoms with van der Waals surface area (Å²) in [5.41, 5.74) is 5.65. The average Bonchev–Trinajstić information content (AvgIpc) is 2.67. The van der Waals surface area contributed by atoms with E-state index in [1.807, 2.05) is 0 Å². The molecule has 0 spiro atoms. The molecule has 0 bridgehead atoms. The molecular formula is C18H18ClN3O4S. The summed E-state index contributed by atoms with van der Waals surface area (Å²) in [6.45, 7) is 0.896. The number of hydrazine groups is 1. The summed E-state index contributed by atoms with van der Waals surface area (Å²) >= 11 is 10.8. The molecule has 7 nitrogen and oxygen atoms in total. The van der Waals surface area contributed by atoms with Gasteiger partial charge in [-0.25, -0.2) is 0 Å². The summed E-state index contributed by atoms with van der Waals surface area (Å²) in [7, 11) is 1.59. The van der Waals surface area contributed by atoms with Gasteiger partial charge in [-0.05, 0) is 60.7 Å². The first-order chi connectivity index (χ1) is 13.0. The van der Waals surface area contributed by atoms with Crippen molar-refractivity contribution in [3.05, 3.63) is 64.7 Å². The van der Waals surface area contributed by atoms with Crippen LogP contribution in [0.1, 0.15) is 20.7 Å². The molecule has 0 radical (unpaired) electrons. The van der Waals surface area contributed by atoms with Crippen LogP contribution in [0.15, 0.2) is 48.5 Å². The molecule has 2 amide bonds. The van der Waals surface area contributed by atoms with Gasteiger partial charge in [0.2, 0.25) is 0 Å². The van der Waals surface area contributed by atoms with E-state index in [4.69, 9.17) is 33.3 Å². The fourth-order valence-corrected chi connectivity index (χ4v) is 2.21. The Morgan fingerprint density at radius 2 is 1.52 bits per heavy atom. The minimum atomic E-state index is -0.420. The van der Waals surface area contributed by atoms with Crippen LogP contribution in [0, 0.1) is 0 Å². The lowest BCUT2D eigenvalue weighted by molar-refractivity contribution is 0.0934. The number of halogens is 1. The third kappa shape index (κ3) is 6.86. The van der Waals surface area contributed by atoms with Gasteiger partial charge in [0.05, 0.1) is 6.61 Å². The molecular weight excluding hydrogens is 390 g/mol. The van der Waals surface area contributed by atoms with Gasteiger partial charge in [-0.1, -0.05) is 11.6 Å². The van der Waals surface area contributed by atoms with E-state index in [2.05, 4.69) is 16.2 Å². The highest BCUT2D eigenvalue weighted by Gasteiger charge is 2.10. The third-order valence-corrected chi connectivity index (χ3v) is 3.75. The fraction of sp³-hybridized carbons (Fsp3) is 0.167. The quantitative estimate of drug-likeness (QED) is 0.387. The van der Waals surface area contributed by atoms with Gasteiger partial charge in [0.15, 0.2) is 5.11 Å². The molecule has 3 N–H and O–H groups in total. The number of carbonyl (C=O) groups excluding carboxylic acids is 2. The predicted octanol–water partition coefficient (Wildman–Crippen LogP) is 2.31. The van der Waals surface area contributed by atoms with Crippen LogP contribution in [-0.2, 0) is 4.74 Å². The highest BCUT2D eigenvalue weighted by atomic mass is 35.5. The lowest BCUT2D eigenvalue weighted by atomic mass is 10.2. The molecule has 2 aromatic carbocycles. The van der Waals surface area contributed by atoms with Gasteiger partial charge < -0.3 is 9.47 Å². The number of hydrogen-bond donors (Lipinski definition) is 3. The van der Waals surface area contributed by atoms with Crippen molar-refractivity contribution < 1.29 is 19.1 Å². The van der Waals surface area contributed by atoms with E-state index in [0.717, 1.165) is 0 Å². The number of methoxy groups -OCH3 is 1. The lowest BCUT2D eigenvalue weighted by Gasteiger charge is -2.11. The van der Waals surface area contributed by atoms with Gasteiger partial charge in [-0.3, -0.25) is 25.8 Å². The average molecular weight is 408 g/mol. The molecule has 142 valence electrons. The Labute approximate surface area is 167 Å². The van der Waals surface area contributed by atoms with Crippen molar-refractivity contribution in [2.75, 3.05) is 20.3 Å². The molecule has 0 aliphatic carbocycles. The maximum atomic E-state index is 12.2. The summed E-state index contributed by atoms with van der Waals surface area (Å²) in [6.07, 6.45) is 0. The zero-order chi connectivity index (χ0) is 19.6. The zero-order valence-electron chi connectivity index (χ0n) is 14.5. The minimum absolute atomic E-state index is 0.0391. The van der Waals surface area contributed by atoms with E-state index in [0.29, 0.717) is 35.1 Å². The predicted molar refractivity (Wildman–Crippen MR) is 106 cm³/mol. The van der Waals surface area contributed by atoms with Crippen molar-refractivity contribution in [2.45, 2.75) is 0 Å². The number of carbonyl (C=O) groups is 2. The molecule has 0 unspecified atom stereocenters. The van der Waals surface area contributed by atoms with Crippen molar-refractivity contribution >= 4 is 40.7 Å². The maximum absolute atomic E-state index is 12.2. The molecule has 2 rings (SSSR count). The van der Waals surface area contributed by atoms with E-state index in [9.17, 15) is 9.59 Å². The third-order valence-electron chi connectivity index (χ3n) is 3.30. The smallest absolute Gasteiger partial charge is 0.269 e. The molecule has 0 saturated heterocycles. The molecule has 0 aromatic heterocycles. The molecule has 0 aliphatic heterocycles. The van der Waals surface area contributed by atoms with E-state index in [1.54, 1.807) is 55.6 Å². The van der Waals surface area contributed by atoms with Gasteiger partial charge in [0, 0.05) is 23.3 Å². The van der Waals surface area contributed by atoms with E-state index >= 15 is 0 Å². The SMILES string of the molecule is COCCOc1ccc(C(=O)NC(=S)NNC(=O)c2ccc(Cl)cc2)cc1. The first kappa shape index (κ1) is 20.6. The van der Waals surface area contributed by atoms with Crippen LogP contribution in [0.25, 0.3) is 0 Å². The van der Waals surface area contributed by atoms with Crippen molar-refractivity contribution in [3.63, 3.8) is 0 Å². The molecule has 27 heavy (non-hydrogen) atoms. The normalized spacial score (nSPS) is 10.0. The van der Waals surface area contributed by atoms with Gasteiger partial charge in [-0.15, -0.1) is 0 Å². The molecule has 0 atom stereocenters. The minimum Gasteiger partial charge on any atom is -0.491 e. The Kier molecular flexibility index (Phi) is 8.00. The second-order valence-corrected chi connectivity index (χ2v) is 6.08. The van der Waals surface area contributed by atoms with Gasteiger partial charge in [0.25, 0.3) is 11.8 Å². The van der Waals surface area contributed by atoms with Crippen LogP contribution in [0.4, 0.5) is 0 Å². The molecule has 2 aromatic rings. The second-order valence-electron chi connectivity index (χ2n) is 5.23. The first-order valence-corrected chi connectivity index (χ1v) is 8.67. The Morgan fingerprint density at radius 1 is 0.926 bits per heavy atom. The van der Waals surface area contributed by atoms with E-state index in [-0.39, 0.29) is 5.11 Å². The zero-order valence-corrected chi connectivity index (χ0v) is 16.0. The number of ether oxygens (including phenoxy) is 2. The van der Waals surface area contributed by atoms with Crippen LogP contribution in [-0.4, -0.2) is 37.3 Å². The Hall–Kier alpha value is -2.68. The lowest BCUT2D eigenvalue weighted by Crippen LogP contribution is -2.48. The number of thiocarbonyl (C=S) groups is 1. The fourth-order valence-electron chi connectivity index (χ4n) is 1.94. The Morgan fingerprint density at radius 3 is 2.15 bits per heavy atom. The Balaban J connectivity index is 1.80. The largest absolute Gasteiger partial charge is 0.491 e. The molecule has 0 heterocycles. The topological polar surface area (TPSA) is 88.7 Å². The number of amides is 2. The highest BCUT2D eigenvalue weighted by molar-refractivity contribution is 7.80. The summed E-state index contributed by atoms with van der Waals surface area (Å²) in [5, 5.41) is 2.95. The maximum Gasteiger partial charge on any atom is 0.269 e. The molecule has 9 heteroatoms. The van der Waals surface area contributed by atoms with Crippen LogP contribution in [0.5, 0.6) is 5.75 Å². The summed E-state index contributed by atoms with van der Waals surface area (Å²) in [5.74, 6) is -0.211. The summed E-state index contributed by atoms with van der Waals surface area (Å²) in [6, 6.07) is 12.9. The second kappa shape index (κ2) is 10.5. The molecule has 0 fully saturated rings. The number of nitrogens with one attached hydrogen (secondary N) is 3. The van der Waals surface area contributed by atoms with Crippen LogP contribution in [0.3, 0.4) is 0 Å². The van der Waals surface area contributed by atoms with Crippen LogP contribution >= 0.6 is 23.8 Å². The number of benzene rings is 2. The van der Waals surface area contributed by atoms with E-state index in [1.165, 1.54) is 0 Å². The Bertz CT molecular complexity index is 797. The van der Waals surface area contributed by atoms with Crippen molar-refractivity contribution in [1.82, 2.24) is 16.2 Å². The standard InChI is InChI=1S/C18H18ClN3O4S/c1-25-10-11-26-15-8-4-12(5-9-15)16(23)20-18(27)22-21-17(24)13-2-6-14(19)7-3-13/h2-9H,10-11H2,1H3,(H,21,24)(H2,20,22,23,27). The molecule has 0 aliphatic rings. The first-order valence-electron chi connectivity index (χ1n) is 7.88.